The van der Waals surface area contributed by atoms with Crippen molar-refractivity contribution in [3.63, 3.8) is 0 Å². The molecule has 0 radical (unpaired) electrons. The Hall–Kier alpha value is -1.51. The molecular weight excluding hydrogens is 641 g/mol. The Balaban J connectivity index is 4.45. The molecule has 0 bridgehead atoms. The first-order valence-corrected chi connectivity index (χ1v) is 21.1. The predicted octanol–water partition coefficient (Wildman–Crippen LogP) is 10.4. The van der Waals surface area contributed by atoms with E-state index in [1.807, 2.05) is 21.1 Å². The van der Waals surface area contributed by atoms with Crippen LogP contribution < -0.4 is 0 Å². The number of rotatable bonds is 35. The topological polar surface area (TPSA) is 108 Å². The molecule has 0 spiro atoms. The third-order valence-electron chi connectivity index (χ3n) is 8.23. The van der Waals surface area contributed by atoms with Crippen LogP contribution in [0.5, 0.6) is 0 Å². The second-order valence-electron chi connectivity index (χ2n) is 14.3. The lowest BCUT2D eigenvalue weighted by molar-refractivity contribution is -0.870. The first kappa shape index (κ1) is 47.5. The molecule has 0 aromatic heterocycles. The smallest absolute Gasteiger partial charge is 0.462 e. The van der Waals surface area contributed by atoms with Crippen LogP contribution in [0.4, 0.5) is 0 Å². The molecule has 1 N–H and O–H groups in total. The van der Waals surface area contributed by atoms with Crippen LogP contribution in [0.15, 0.2) is 24.3 Å². The van der Waals surface area contributed by atoms with Crippen LogP contribution in [-0.2, 0) is 32.7 Å². The minimum Gasteiger partial charge on any atom is -0.462 e. The lowest BCUT2D eigenvalue weighted by atomic mass is 10.1. The van der Waals surface area contributed by atoms with Crippen LogP contribution in [0, 0.1) is 0 Å². The SMILES string of the molecule is CCCC/C=C/C/C=C/CCCCCCCC(=O)O[C@H](COC(=O)CCCCCCCCCCCCC)COP(=O)(O)OCC[N+](C)(C)C. The molecule has 0 heterocycles. The first-order valence-electron chi connectivity index (χ1n) is 19.6. The largest absolute Gasteiger partial charge is 0.472 e. The minimum atomic E-state index is -4.37. The van der Waals surface area contributed by atoms with Crippen LogP contribution in [-0.4, -0.2) is 74.9 Å². The molecule has 0 aromatic carbocycles. The molecule has 0 aliphatic rings. The van der Waals surface area contributed by atoms with Gasteiger partial charge in [-0.1, -0.05) is 134 Å². The van der Waals surface area contributed by atoms with Gasteiger partial charge in [-0.15, -0.1) is 0 Å². The number of esters is 2. The van der Waals surface area contributed by atoms with Crippen molar-refractivity contribution in [3.05, 3.63) is 24.3 Å². The van der Waals surface area contributed by atoms with Crippen molar-refractivity contribution in [2.75, 3.05) is 47.5 Å². The highest BCUT2D eigenvalue weighted by molar-refractivity contribution is 7.47. The lowest BCUT2D eigenvalue weighted by Gasteiger charge is -2.24. The van der Waals surface area contributed by atoms with Gasteiger partial charge < -0.3 is 18.9 Å². The number of quaternary nitrogens is 1. The van der Waals surface area contributed by atoms with Crippen molar-refractivity contribution in [1.29, 1.82) is 0 Å². The van der Waals surface area contributed by atoms with Gasteiger partial charge in [-0.3, -0.25) is 18.6 Å². The normalized spacial score (nSPS) is 14.0. The fourth-order valence-corrected chi connectivity index (χ4v) is 5.83. The van der Waals surface area contributed by atoms with Crippen molar-refractivity contribution in [2.45, 2.75) is 168 Å². The minimum absolute atomic E-state index is 0.0302. The highest BCUT2D eigenvalue weighted by atomic mass is 31.2. The van der Waals surface area contributed by atoms with Crippen LogP contribution in [0.3, 0.4) is 0 Å². The molecule has 10 heteroatoms. The molecule has 0 saturated carbocycles. The van der Waals surface area contributed by atoms with Gasteiger partial charge in [0.1, 0.15) is 19.8 Å². The van der Waals surface area contributed by atoms with Gasteiger partial charge in [0.15, 0.2) is 6.10 Å². The summed E-state index contributed by atoms with van der Waals surface area (Å²) in [5.41, 5.74) is 0. The van der Waals surface area contributed by atoms with E-state index < -0.39 is 26.5 Å². The van der Waals surface area contributed by atoms with Gasteiger partial charge in [0, 0.05) is 12.8 Å². The number of hydrogen-bond donors (Lipinski definition) is 1. The van der Waals surface area contributed by atoms with Crippen molar-refractivity contribution >= 4 is 19.8 Å². The third kappa shape index (κ3) is 36.1. The molecule has 9 nitrogen and oxygen atoms in total. The van der Waals surface area contributed by atoms with Gasteiger partial charge in [-0.25, -0.2) is 4.57 Å². The second-order valence-corrected chi connectivity index (χ2v) is 15.8. The summed E-state index contributed by atoms with van der Waals surface area (Å²) >= 11 is 0. The van der Waals surface area contributed by atoms with E-state index in [9.17, 15) is 19.0 Å². The zero-order valence-electron chi connectivity index (χ0n) is 32.2. The predicted molar refractivity (Wildman–Crippen MR) is 201 cm³/mol. The average molecular weight is 717 g/mol. The number of ether oxygens (including phenoxy) is 2. The molecule has 0 saturated heterocycles. The number of carbonyl (C=O) groups is 2. The molecule has 49 heavy (non-hydrogen) atoms. The molecule has 1 unspecified atom stereocenters. The molecule has 288 valence electrons. The quantitative estimate of drug-likeness (QED) is 0.0227. The summed E-state index contributed by atoms with van der Waals surface area (Å²) in [6.45, 7) is 4.34. The van der Waals surface area contributed by atoms with Crippen molar-refractivity contribution in [2.24, 2.45) is 0 Å². The van der Waals surface area contributed by atoms with Gasteiger partial charge in [-0.05, 0) is 38.5 Å². The van der Waals surface area contributed by atoms with Crippen LogP contribution in [0.25, 0.3) is 0 Å². The highest BCUT2D eigenvalue weighted by Crippen LogP contribution is 2.43. The number of phosphoric acid groups is 1. The molecule has 0 fully saturated rings. The number of likely N-dealkylation sites (N-methyl/N-ethyl adjacent to an activating group) is 1. The summed E-state index contributed by atoms with van der Waals surface area (Å²) in [7, 11) is 1.47. The van der Waals surface area contributed by atoms with Crippen LogP contribution in [0.1, 0.15) is 162 Å². The molecule has 0 aliphatic carbocycles. The summed E-state index contributed by atoms with van der Waals surface area (Å²) < 4.78 is 34.1. The number of unbranched alkanes of at least 4 members (excludes halogenated alkanes) is 17. The fraction of sp³-hybridized carbons (Fsp3) is 0.846. The Labute approximate surface area is 300 Å². The van der Waals surface area contributed by atoms with Crippen molar-refractivity contribution in [3.8, 4) is 0 Å². The molecule has 0 amide bonds. The number of nitrogens with zero attached hydrogens (tertiary/aromatic N) is 1. The van der Waals surface area contributed by atoms with E-state index in [1.165, 1.54) is 64.2 Å². The zero-order valence-corrected chi connectivity index (χ0v) is 33.1. The van der Waals surface area contributed by atoms with E-state index in [0.717, 1.165) is 64.2 Å². The molecule has 0 rings (SSSR count). The molecule has 0 aromatic rings. The van der Waals surface area contributed by atoms with Gasteiger partial charge >= 0.3 is 19.8 Å². The maximum atomic E-state index is 12.6. The second kappa shape index (κ2) is 32.4. The summed E-state index contributed by atoms with van der Waals surface area (Å²) in [4.78, 5) is 35.2. The zero-order chi connectivity index (χ0) is 36.5. The molecule has 2 atom stereocenters. The van der Waals surface area contributed by atoms with E-state index in [0.29, 0.717) is 17.4 Å². The van der Waals surface area contributed by atoms with Crippen LogP contribution in [0.2, 0.25) is 0 Å². The summed E-state index contributed by atoms with van der Waals surface area (Å²) in [6.07, 6.45) is 32.2. The molecular formula is C39H75NO8P+. The van der Waals surface area contributed by atoms with Crippen LogP contribution >= 0.6 is 7.82 Å². The number of allylic oxidation sites excluding steroid dienone is 4. The highest BCUT2D eigenvalue weighted by Gasteiger charge is 2.27. The Morgan fingerprint density at radius 3 is 1.67 bits per heavy atom. The third-order valence-corrected chi connectivity index (χ3v) is 9.22. The van der Waals surface area contributed by atoms with E-state index in [4.69, 9.17) is 18.5 Å². The Kier molecular flexibility index (Phi) is 31.4. The van der Waals surface area contributed by atoms with Gasteiger partial charge in [0.25, 0.3) is 0 Å². The number of phosphoric ester groups is 1. The van der Waals surface area contributed by atoms with E-state index >= 15 is 0 Å². The van der Waals surface area contributed by atoms with Gasteiger partial charge in [-0.2, -0.15) is 0 Å². The maximum absolute atomic E-state index is 12.6. The average Bonchev–Trinajstić information content (AvgIpc) is 3.04. The lowest BCUT2D eigenvalue weighted by Crippen LogP contribution is -2.37. The van der Waals surface area contributed by atoms with Crippen molar-refractivity contribution in [1.82, 2.24) is 0 Å². The summed E-state index contributed by atoms with van der Waals surface area (Å²) in [5.74, 6) is -0.815. The fourth-order valence-electron chi connectivity index (χ4n) is 5.09. The first-order chi connectivity index (χ1) is 23.5. The van der Waals surface area contributed by atoms with E-state index in [1.54, 1.807) is 0 Å². The number of hydrogen-bond acceptors (Lipinski definition) is 7. The monoisotopic (exact) mass is 717 g/mol. The van der Waals surface area contributed by atoms with Crippen molar-refractivity contribution < 1.29 is 42.1 Å². The van der Waals surface area contributed by atoms with Gasteiger partial charge in [0.2, 0.25) is 0 Å². The Bertz CT molecular complexity index is 902. The standard InChI is InChI=1S/C39H74NO8P/c1-6-8-10-12-14-16-18-19-20-22-24-26-28-30-32-39(42)48-37(36-47-49(43,44)46-34-33-40(3,4)5)35-45-38(41)31-29-27-25-23-21-17-15-13-11-9-7-2/h12,14,18-19,37H,6-11,13,15-17,20-36H2,1-5H3/p+1/b14-12+,19-18+/t37-/m1/s1. The Morgan fingerprint density at radius 2 is 1.12 bits per heavy atom. The molecule has 0 aliphatic heterocycles. The summed E-state index contributed by atoms with van der Waals surface area (Å²) in [5, 5.41) is 0. The maximum Gasteiger partial charge on any atom is 0.472 e. The Morgan fingerprint density at radius 1 is 0.633 bits per heavy atom. The number of carbonyl (C=O) groups excluding carboxylic acids is 2. The van der Waals surface area contributed by atoms with E-state index in [-0.39, 0.29) is 32.0 Å². The summed E-state index contributed by atoms with van der Waals surface area (Å²) in [6, 6.07) is 0. The van der Waals surface area contributed by atoms with Gasteiger partial charge in [0.05, 0.1) is 27.7 Å². The van der Waals surface area contributed by atoms with E-state index in [2.05, 4.69) is 38.2 Å².